The number of benzene rings is 1. The van der Waals surface area contributed by atoms with Crippen molar-refractivity contribution in [1.29, 1.82) is 0 Å². The van der Waals surface area contributed by atoms with E-state index in [0.29, 0.717) is 17.7 Å². The summed E-state index contributed by atoms with van der Waals surface area (Å²) in [6.07, 6.45) is 2.27. The zero-order chi connectivity index (χ0) is 14.5. The molecule has 0 aliphatic rings. The molecule has 1 rings (SSSR count). The quantitative estimate of drug-likeness (QED) is 0.358. The maximum atomic E-state index is 11.3. The van der Waals surface area contributed by atoms with Gasteiger partial charge in [-0.05, 0) is 30.7 Å². The molecule has 0 aliphatic heterocycles. The SMILES string of the molecule is CC(CCC(=O)NN)Sc1ccc(S(C)(=O)=O)cc1. The van der Waals surface area contributed by atoms with E-state index in [0.717, 1.165) is 4.90 Å². The van der Waals surface area contributed by atoms with Gasteiger partial charge in [0.2, 0.25) is 5.91 Å². The van der Waals surface area contributed by atoms with Crippen LogP contribution in [0.15, 0.2) is 34.1 Å². The molecule has 0 radical (unpaired) electrons. The second-order valence-corrected chi connectivity index (χ2v) is 7.81. The molecule has 0 saturated heterocycles. The number of carbonyl (C=O) groups is 1. The van der Waals surface area contributed by atoms with Crippen LogP contribution in [-0.4, -0.2) is 25.8 Å². The van der Waals surface area contributed by atoms with Gasteiger partial charge < -0.3 is 0 Å². The summed E-state index contributed by atoms with van der Waals surface area (Å²) >= 11 is 1.60. The molecule has 0 bridgehead atoms. The minimum atomic E-state index is -3.15. The molecular weight excluding hydrogens is 284 g/mol. The zero-order valence-corrected chi connectivity index (χ0v) is 12.6. The highest BCUT2D eigenvalue weighted by atomic mass is 32.2. The van der Waals surface area contributed by atoms with Crippen LogP contribution >= 0.6 is 11.8 Å². The van der Waals surface area contributed by atoms with Crippen LogP contribution in [-0.2, 0) is 14.6 Å². The van der Waals surface area contributed by atoms with E-state index in [9.17, 15) is 13.2 Å². The van der Waals surface area contributed by atoms with Crippen LogP contribution in [0, 0.1) is 0 Å². The van der Waals surface area contributed by atoms with Gasteiger partial charge in [-0.2, -0.15) is 0 Å². The third kappa shape index (κ3) is 5.63. The number of thioether (sulfide) groups is 1. The Bertz CT molecular complexity index is 526. The van der Waals surface area contributed by atoms with Gasteiger partial charge in [0.25, 0.3) is 0 Å². The molecule has 1 unspecified atom stereocenters. The van der Waals surface area contributed by atoms with E-state index in [2.05, 4.69) is 5.43 Å². The summed E-state index contributed by atoms with van der Waals surface area (Å²) in [6, 6.07) is 6.75. The van der Waals surface area contributed by atoms with Crippen molar-refractivity contribution < 1.29 is 13.2 Å². The van der Waals surface area contributed by atoms with Gasteiger partial charge in [0.05, 0.1) is 4.90 Å². The van der Waals surface area contributed by atoms with Crippen molar-refractivity contribution >= 4 is 27.5 Å². The smallest absolute Gasteiger partial charge is 0.233 e. The monoisotopic (exact) mass is 302 g/mol. The Kier molecular flexibility index (Phi) is 5.84. The predicted molar refractivity (Wildman–Crippen MR) is 76.4 cm³/mol. The van der Waals surface area contributed by atoms with E-state index < -0.39 is 9.84 Å². The van der Waals surface area contributed by atoms with Crippen molar-refractivity contribution in [1.82, 2.24) is 5.43 Å². The lowest BCUT2D eigenvalue weighted by Crippen LogP contribution is -2.30. The molecule has 0 saturated carbocycles. The summed E-state index contributed by atoms with van der Waals surface area (Å²) in [7, 11) is -3.15. The standard InChI is InChI=1S/C12H18N2O3S2/c1-9(3-8-12(15)14-13)18-10-4-6-11(7-5-10)19(2,16)17/h4-7,9H,3,8,13H2,1-2H3,(H,14,15). The minimum Gasteiger partial charge on any atom is -0.294 e. The first-order chi connectivity index (χ1) is 8.82. The fourth-order valence-electron chi connectivity index (χ4n) is 1.46. The van der Waals surface area contributed by atoms with E-state index in [4.69, 9.17) is 5.84 Å². The average molecular weight is 302 g/mol. The van der Waals surface area contributed by atoms with E-state index >= 15 is 0 Å². The number of nitrogens with one attached hydrogen (secondary N) is 1. The number of amides is 1. The molecule has 7 heteroatoms. The molecule has 0 aliphatic carbocycles. The molecule has 1 atom stereocenters. The number of hydrogen-bond acceptors (Lipinski definition) is 5. The number of carbonyl (C=O) groups excluding carboxylic acids is 1. The molecule has 3 N–H and O–H groups in total. The van der Waals surface area contributed by atoms with Crippen molar-refractivity contribution in [2.45, 2.75) is 34.8 Å². The van der Waals surface area contributed by atoms with E-state index in [1.54, 1.807) is 36.0 Å². The maximum absolute atomic E-state index is 11.3. The summed E-state index contributed by atoms with van der Waals surface area (Å²) in [4.78, 5) is 12.3. The van der Waals surface area contributed by atoms with Crippen LogP contribution in [0.1, 0.15) is 19.8 Å². The topological polar surface area (TPSA) is 89.3 Å². The summed E-state index contributed by atoms with van der Waals surface area (Å²) in [5.41, 5.74) is 2.09. The fraction of sp³-hybridized carbons (Fsp3) is 0.417. The number of hydrogen-bond donors (Lipinski definition) is 2. The van der Waals surface area contributed by atoms with Crippen LogP contribution in [0.2, 0.25) is 0 Å². The molecule has 1 aromatic rings. The summed E-state index contributed by atoms with van der Waals surface area (Å²) in [5.74, 6) is 4.82. The molecule has 1 aromatic carbocycles. The van der Waals surface area contributed by atoms with Gasteiger partial charge in [-0.3, -0.25) is 10.2 Å². The van der Waals surface area contributed by atoms with Crippen molar-refractivity contribution in [2.24, 2.45) is 5.84 Å². The lowest BCUT2D eigenvalue weighted by Gasteiger charge is -2.10. The molecule has 0 fully saturated rings. The Morgan fingerprint density at radius 2 is 1.95 bits per heavy atom. The maximum Gasteiger partial charge on any atom is 0.233 e. The highest BCUT2D eigenvalue weighted by molar-refractivity contribution is 8.00. The lowest BCUT2D eigenvalue weighted by molar-refractivity contribution is -0.121. The van der Waals surface area contributed by atoms with Crippen LogP contribution in [0.25, 0.3) is 0 Å². The van der Waals surface area contributed by atoms with Crippen LogP contribution in [0.4, 0.5) is 0 Å². The summed E-state index contributed by atoms with van der Waals surface area (Å²) in [5, 5.41) is 0.251. The van der Waals surface area contributed by atoms with Gasteiger partial charge in [0.15, 0.2) is 9.84 Å². The van der Waals surface area contributed by atoms with Gasteiger partial charge in [0.1, 0.15) is 0 Å². The van der Waals surface area contributed by atoms with Gasteiger partial charge in [-0.15, -0.1) is 11.8 Å². The van der Waals surface area contributed by atoms with Crippen LogP contribution in [0.3, 0.4) is 0 Å². The first kappa shape index (κ1) is 16.0. The second kappa shape index (κ2) is 6.93. The number of hydrazine groups is 1. The predicted octanol–water partition coefficient (Wildman–Crippen LogP) is 1.34. The van der Waals surface area contributed by atoms with Gasteiger partial charge in [-0.1, -0.05) is 6.92 Å². The molecule has 0 spiro atoms. The first-order valence-corrected chi connectivity index (χ1v) is 8.56. The number of nitrogens with two attached hydrogens (primary N) is 1. The molecule has 106 valence electrons. The molecule has 1 amide bonds. The Balaban J connectivity index is 2.56. The summed E-state index contributed by atoms with van der Waals surface area (Å²) < 4.78 is 22.6. The van der Waals surface area contributed by atoms with Gasteiger partial charge >= 0.3 is 0 Å². The van der Waals surface area contributed by atoms with Gasteiger partial charge in [0, 0.05) is 22.8 Å². The van der Waals surface area contributed by atoms with E-state index in [1.807, 2.05) is 6.92 Å². The highest BCUT2D eigenvalue weighted by Crippen LogP contribution is 2.26. The normalized spacial score (nSPS) is 13.0. The Morgan fingerprint density at radius 3 is 2.42 bits per heavy atom. The fourth-order valence-corrected chi connectivity index (χ4v) is 3.09. The first-order valence-electron chi connectivity index (χ1n) is 5.79. The Morgan fingerprint density at radius 1 is 1.37 bits per heavy atom. The minimum absolute atomic E-state index is 0.181. The van der Waals surface area contributed by atoms with Crippen molar-refractivity contribution in [2.75, 3.05) is 6.26 Å². The van der Waals surface area contributed by atoms with E-state index in [1.165, 1.54) is 6.26 Å². The van der Waals surface area contributed by atoms with Crippen molar-refractivity contribution in [3.05, 3.63) is 24.3 Å². The van der Waals surface area contributed by atoms with Crippen molar-refractivity contribution in [3.8, 4) is 0 Å². The van der Waals surface area contributed by atoms with Crippen molar-refractivity contribution in [3.63, 3.8) is 0 Å². The number of rotatable bonds is 6. The Labute approximate surface area is 117 Å². The molecule has 5 nitrogen and oxygen atoms in total. The molecule has 0 heterocycles. The Hall–Kier alpha value is -1.05. The third-order valence-electron chi connectivity index (χ3n) is 2.53. The largest absolute Gasteiger partial charge is 0.294 e. The second-order valence-electron chi connectivity index (χ2n) is 4.28. The lowest BCUT2D eigenvalue weighted by atomic mass is 10.2. The number of sulfone groups is 1. The molecule has 0 aromatic heterocycles. The van der Waals surface area contributed by atoms with E-state index in [-0.39, 0.29) is 11.2 Å². The molecular formula is C12H18N2O3S2. The molecule has 19 heavy (non-hydrogen) atoms. The van der Waals surface area contributed by atoms with Crippen LogP contribution in [0.5, 0.6) is 0 Å². The van der Waals surface area contributed by atoms with Gasteiger partial charge in [-0.25, -0.2) is 14.3 Å². The average Bonchev–Trinajstić information content (AvgIpc) is 2.35. The third-order valence-corrected chi connectivity index (χ3v) is 4.84. The zero-order valence-electron chi connectivity index (χ0n) is 10.9. The summed E-state index contributed by atoms with van der Waals surface area (Å²) in [6.45, 7) is 2.01. The highest BCUT2D eigenvalue weighted by Gasteiger charge is 2.09. The van der Waals surface area contributed by atoms with Crippen LogP contribution < -0.4 is 11.3 Å².